The van der Waals surface area contributed by atoms with Gasteiger partial charge in [-0.2, -0.15) is 11.8 Å². The molecule has 1 aliphatic rings. The van der Waals surface area contributed by atoms with Crippen LogP contribution in [0.2, 0.25) is 0 Å². The van der Waals surface area contributed by atoms with E-state index in [1.54, 1.807) is 23.1 Å². The third-order valence-corrected chi connectivity index (χ3v) is 6.60. The van der Waals surface area contributed by atoms with Crippen molar-refractivity contribution in [2.45, 2.75) is 56.7 Å². The number of carbonyl (C=O) groups is 1. The van der Waals surface area contributed by atoms with Crippen molar-refractivity contribution in [2.75, 3.05) is 12.9 Å². The highest BCUT2D eigenvalue weighted by molar-refractivity contribution is 7.99. The minimum absolute atomic E-state index is 0.0245. The van der Waals surface area contributed by atoms with Crippen LogP contribution in [0.3, 0.4) is 0 Å². The van der Waals surface area contributed by atoms with Gasteiger partial charge in [-0.3, -0.25) is 4.79 Å². The first-order chi connectivity index (χ1) is 10.1. The lowest BCUT2D eigenvalue weighted by Gasteiger charge is -2.20. The van der Waals surface area contributed by atoms with E-state index in [0.29, 0.717) is 5.92 Å². The van der Waals surface area contributed by atoms with Crippen LogP contribution in [0.15, 0.2) is 0 Å². The normalized spacial score (nSPS) is 18.7. The predicted molar refractivity (Wildman–Crippen MR) is 89.4 cm³/mol. The molecule has 0 aromatic carbocycles. The lowest BCUT2D eigenvalue weighted by atomic mass is 10.1. The number of nitrogens with one attached hydrogen (secondary N) is 1. The molecule has 2 unspecified atom stereocenters. The first-order valence-corrected chi connectivity index (χ1v) is 9.59. The van der Waals surface area contributed by atoms with E-state index in [0.717, 1.165) is 15.6 Å². The Labute approximate surface area is 134 Å². The molecule has 1 fully saturated rings. The highest BCUT2D eigenvalue weighted by Crippen LogP contribution is 2.37. The van der Waals surface area contributed by atoms with Crippen LogP contribution in [0, 0.1) is 6.92 Å². The molecule has 0 aliphatic heterocycles. The van der Waals surface area contributed by atoms with E-state index < -0.39 is 0 Å². The predicted octanol–water partition coefficient (Wildman–Crippen LogP) is 2.95. The van der Waals surface area contributed by atoms with E-state index in [9.17, 15) is 9.90 Å². The summed E-state index contributed by atoms with van der Waals surface area (Å²) in [6, 6.07) is -0.0612. The Hall–Kier alpha value is -0.590. The Bertz CT molecular complexity index is 480. The van der Waals surface area contributed by atoms with Crippen LogP contribution in [0.25, 0.3) is 0 Å². The van der Waals surface area contributed by atoms with Gasteiger partial charge in [-0.25, -0.2) is 4.98 Å². The third-order valence-electron chi connectivity index (χ3n) is 4.12. The van der Waals surface area contributed by atoms with Crippen molar-refractivity contribution in [3.63, 3.8) is 0 Å². The number of hydrogen-bond donors (Lipinski definition) is 2. The van der Waals surface area contributed by atoms with Crippen LogP contribution in [-0.2, 0) is 0 Å². The Kier molecular flexibility index (Phi) is 6.08. The molecule has 0 saturated heterocycles. The first kappa shape index (κ1) is 16.8. The van der Waals surface area contributed by atoms with E-state index in [1.807, 2.05) is 20.1 Å². The SMILES string of the molecule is CSC(CO)C(C)NC(=O)c1sc(C2CCCC2)nc1C. The van der Waals surface area contributed by atoms with Gasteiger partial charge in [0.15, 0.2) is 0 Å². The number of amides is 1. The fourth-order valence-electron chi connectivity index (χ4n) is 2.78. The fraction of sp³-hybridized carbons (Fsp3) is 0.733. The van der Waals surface area contributed by atoms with Gasteiger partial charge < -0.3 is 10.4 Å². The zero-order chi connectivity index (χ0) is 15.4. The topological polar surface area (TPSA) is 62.2 Å². The number of thioether (sulfide) groups is 1. The summed E-state index contributed by atoms with van der Waals surface area (Å²) in [4.78, 5) is 17.7. The number of thiazole rings is 1. The average Bonchev–Trinajstić information content (AvgIpc) is 3.08. The Morgan fingerprint density at radius 1 is 1.52 bits per heavy atom. The van der Waals surface area contributed by atoms with Gasteiger partial charge in [-0.1, -0.05) is 12.8 Å². The number of aromatic nitrogens is 1. The van der Waals surface area contributed by atoms with Crippen molar-refractivity contribution >= 4 is 29.0 Å². The second kappa shape index (κ2) is 7.61. The zero-order valence-corrected chi connectivity index (χ0v) is 14.5. The van der Waals surface area contributed by atoms with Crippen LogP contribution in [0.1, 0.15) is 58.9 Å². The van der Waals surface area contributed by atoms with Crippen LogP contribution >= 0.6 is 23.1 Å². The standard InChI is InChI=1S/C15H24N2O2S2/c1-9(12(8-18)20-3)16-14(19)13-10(2)17-15(21-13)11-6-4-5-7-11/h9,11-12,18H,4-8H2,1-3H3,(H,16,19). The molecule has 4 nitrogen and oxygen atoms in total. The van der Waals surface area contributed by atoms with Crippen molar-refractivity contribution in [3.8, 4) is 0 Å². The minimum atomic E-state index is -0.0612. The van der Waals surface area contributed by atoms with E-state index in [4.69, 9.17) is 0 Å². The Morgan fingerprint density at radius 2 is 2.19 bits per heavy atom. The maximum Gasteiger partial charge on any atom is 0.263 e. The Balaban J connectivity index is 2.05. The molecule has 1 saturated carbocycles. The van der Waals surface area contributed by atoms with Gasteiger partial charge in [0.25, 0.3) is 5.91 Å². The van der Waals surface area contributed by atoms with Crippen molar-refractivity contribution < 1.29 is 9.90 Å². The summed E-state index contributed by atoms with van der Waals surface area (Å²) in [6.07, 6.45) is 6.88. The van der Waals surface area contributed by atoms with Gasteiger partial charge in [0.2, 0.25) is 0 Å². The van der Waals surface area contributed by atoms with Gasteiger partial charge in [0.05, 0.1) is 17.3 Å². The largest absolute Gasteiger partial charge is 0.395 e. The number of rotatable bonds is 6. The van der Waals surface area contributed by atoms with Gasteiger partial charge in [0, 0.05) is 17.2 Å². The molecule has 1 aliphatic carbocycles. The van der Waals surface area contributed by atoms with Crippen molar-refractivity contribution in [3.05, 3.63) is 15.6 Å². The number of nitrogens with zero attached hydrogens (tertiary/aromatic N) is 1. The van der Waals surface area contributed by atoms with E-state index in [-0.39, 0.29) is 23.8 Å². The summed E-state index contributed by atoms with van der Waals surface area (Å²) in [7, 11) is 0. The minimum Gasteiger partial charge on any atom is -0.395 e. The quantitative estimate of drug-likeness (QED) is 0.843. The molecule has 0 bridgehead atoms. The lowest BCUT2D eigenvalue weighted by molar-refractivity contribution is 0.0939. The maximum absolute atomic E-state index is 12.4. The molecule has 6 heteroatoms. The molecule has 1 aromatic rings. The molecule has 1 heterocycles. The molecule has 21 heavy (non-hydrogen) atoms. The first-order valence-electron chi connectivity index (χ1n) is 7.48. The van der Waals surface area contributed by atoms with Crippen LogP contribution in [0.4, 0.5) is 0 Å². The summed E-state index contributed by atoms with van der Waals surface area (Å²) in [6.45, 7) is 3.91. The number of aryl methyl sites for hydroxylation is 1. The summed E-state index contributed by atoms with van der Waals surface area (Å²) < 4.78 is 0. The second-order valence-electron chi connectivity index (χ2n) is 5.67. The van der Waals surface area contributed by atoms with E-state index in [1.165, 1.54) is 25.7 Å². The molecule has 0 radical (unpaired) electrons. The monoisotopic (exact) mass is 328 g/mol. The highest BCUT2D eigenvalue weighted by Gasteiger charge is 2.25. The maximum atomic E-state index is 12.4. The summed E-state index contributed by atoms with van der Waals surface area (Å²) in [5, 5.41) is 13.4. The van der Waals surface area contributed by atoms with Gasteiger partial charge in [-0.15, -0.1) is 11.3 Å². The average molecular weight is 329 g/mol. The fourth-order valence-corrected chi connectivity index (χ4v) is 4.54. The number of aliphatic hydroxyl groups excluding tert-OH is 1. The van der Waals surface area contributed by atoms with Crippen molar-refractivity contribution in [2.24, 2.45) is 0 Å². The molecule has 1 amide bonds. The van der Waals surface area contributed by atoms with Gasteiger partial charge in [0.1, 0.15) is 4.88 Å². The third kappa shape index (κ3) is 3.99. The summed E-state index contributed by atoms with van der Waals surface area (Å²) in [5.41, 5.74) is 0.830. The second-order valence-corrected chi connectivity index (χ2v) is 7.77. The molecule has 2 N–H and O–H groups in total. The van der Waals surface area contributed by atoms with Crippen molar-refractivity contribution in [1.29, 1.82) is 0 Å². The smallest absolute Gasteiger partial charge is 0.263 e. The van der Waals surface area contributed by atoms with Crippen LogP contribution < -0.4 is 5.32 Å². The summed E-state index contributed by atoms with van der Waals surface area (Å²) >= 11 is 3.11. The van der Waals surface area contributed by atoms with Crippen molar-refractivity contribution in [1.82, 2.24) is 10.3 Å². The van der Waals surface area contributed by atoms with Gasteiger partial charge >= 0.3 is 0 Å². The Morgan fingerprint density at radius 3 is 2.76 bits per heavy atom. The molecule has 118 valence electrons. The molecular weight excluding hydrogens is 304 g/mol. The highest BCUT2D eigenvalue weighted by atomic mass is 32.2. The molecule has 2 atom stereocenters. The molecule has 1 aromatic heterocycles. The number of aliphatic hydroxyl groups is 1. The number of hydrogen-bond acceptors (Lipinski definition) is 5. The molecule has 0 spiro atoms. The lowest BCUT2D eigenvalue weighted by Crippen LogP contribution is -2.41. The molecular formula is C15H24N2O2S2. The number of carbonyl (C=O) groups excluding carboxylic acids is 1. The van der Waals surface area contributed by atoms with E-state index in [2.05, 4.69) is 10.3 Å². The van der Waals surface area contributed by atoms with Gasteiger partial charge in [-0.05, 0) is 32.9 Å². The summed E-state index contributed by atoms with van der Waals surface area (Å²) in [5.74, 6) is 0.485. The molecule has 2 rings (SSSR count). The van der Waals surface area contributed by atoms with Crippen LogP contribution in [-0.4, -0.2) is 40.2 Å². The van der Waals surface area contributed by atoms with Crippen LogP contribution in [0.5, 0.6) is 0 Å². The van der Waals surface area contributed by atoms with E-state index >= 15 is 0 Å². The zero-order valence-electron chi connectivity index (χ0n) is 12.9.